The first-order chi connectivity index (χ1) is 6.81. The molecule has 1 saturated heterocycles. The van der Waals surface area contributed by atoms with Crippen molar-refractivity contribution in [2.75, 3.05) is 19.3 Å². The minimum Gasteiger partial charge on any atom is -0.290 e. The quantitative estimate of drug-likeness (QED) is 0.702. The van der Waals surface area contributed by atoms with Gasteiger partial charge in [-0.1, -0.05) is 12.1 Å². The number of thioether (sulfide) groups is 1. The Balaban J connectivity index is 2.21. The van der Waals surface area contributed by atoms with Crippen LogP contribution in [0.25, 0.3) is 0 Å². The van der Waals surface area contributed by atoms with E-state index in [1.165, 1.54) is 11.3 Å². The van der Waals surface area contributed by atoms with Crippen LogP contribution < -0.4 is 0 Å². The van der Waals surface area contributed by atoms with Gasteiger partial charge < -0.3 is 0 Å². The maximum Gasteiger partial charge on any atom is 0.0991 e. The lowest BCUT2D eigenvalue weighted by atomic mass is 10.1. The highest BCUT2D eigenvalue weighted by Crippen LogP contribution is 2.36. The number of benzene rings is 1. The van der Waals surface area contributed by atoms with Gasteiger partial charge in [-0.2, -0.15) is 5.26 Å². The second kappa shape index (κ2) is 4.04. The smallest absolute Gasteiger partial charge is 0.0991 e. The highest BCUT2D eigenvalue weighted by Gasteiger charge is 2.22. The fourth-order valence-corrected chi connectivity index (χ4v) is 2.95. The van der Waals surface area contributed by atoms with Crippen LogP contribution in [-0.2, 0) is 0 Å². The molecule has 0 aliphatic carbocycles. The molecule has 0 amide bonds. The summed E-state index contributed by atoms with van der Waals surface area (Å²) in [4.78, 5) is 2.34. The summed E-state index contributed by atoms with van der Waals surface area (Å²) in [7, 11) is 2.14. The van der Waals surface area contributed by atoms with E-state index in [4.69, 9.17) is 5.26 Å². The maximum atomic E-state index is 8.68. The lowest BCUT2D eigenvalue weighted by Gasteiger charge is -2.18. The average Bonchev–Trinajstić information content (AvgIpc) is 2.65. The molecular weight excluding hydrogens is 192 g/mol. The third kappa shape index (κ3) is 1.77. The Morgan fingerprint density at radius 1 is 1.43 bits per heavy atom. The van der Waals surface area contributed by atoms with E-state index in [1.807, 2.05) is 23.9 Å². The first-order valence-electron chi connectivity index (χ1n) is 4.63. The number of hydrogen-bond acceptors (Lipinski definition) is 3. The first kappa shape index (κ1) is 9.57. The second-order valence-electron chi connectivity index (χ2n) is 3.44. The van der Waals surface area contributed by atoms with E-state index in [9.17, 15) is 0 Å². The summed E-state index contributed by atoms with van der Waals surface area (Å²) in [6.07, 6.45) is 0. The van der Waals surface area contributed by atoms with Crippen LogP contribution in [0.4, 0.5) is 0 Å². The SMILES string of the molecule is CN1CCSC1c1ccc(C#N)cc1. The van der Waals surface area contributed by atoms with E-state index < -0.39 is 0 Å². The summed E-state index contributed by atoms with van der Waals surface area (Å²) in [6.45, 7) is 1.15. The fourth-order valence-electron chi connectivity index (χ4n) is 1.63. The van der Waals surface area contributed by atoms with E-state index in [-0.39, 0.29) is 0 Å². The van der Waals surface area contributed by atoms with Gasteiger partial charge in [0.15, 0.2) is 0 Å². The molecule has 0 radical (unpaired) electrons. The van der Waals surface area contributed by atoms with Crippen molar-refractivity contribution in [3.05, 3.63) is 35.4 Å². The van der Waals surface area contributed by atoms with Crippen molar-refractivity contribution < 1.29 is 0 Å². The summed E-state index contributed by atoms with van der Waals surface area (Å²) in [6, 6.07) is 10.0. The normalized spacial score (nSPS) is 22.1. The predicted molar refractivity (Wildman–Crippen MR) is 59.0 cm³/mol. The molecule has 1 aliphatic heterocycles. The van der Waals surface area contributed by atoms with Gasteiger partial charge in [0.05, 0.1) is 17.0 Å². The van der Waals surface area contributed by atoms with Crippen molar-refractivity contribution in [1.29, 1.82) is 5.26 Å². The monoisotopic (exact) mass is 204 g/mol. The van der Waals surface area contributed by atoms with Crippen LogP contribution in [0.1, 0.15) is 16.5 Å². The van der Waals surface area contributed by atoms with Crippen LogP contribution in [0.2, 0.25) is 0 Å². The van der Waals surface area contributed by atoms with Crippen molar-refractivity contribution in [2.24, 2.45) is 0 Å². The van der Waals surface area contributed by atoms with E-state index in [1.54, 1.807) is 0 Å². The Kier molecular flexibility index (Phi) is 2.76. The Hall–Kier alpha value is -0.980. The van der Waals surface area contributed by atoms with Gasteiger partial charge in [-0.15, -0.1) is 11.8 Å². The topological polar surface area (TPSA) is 27.0 Å². The van der Waals surface area contributed by atoms with Gasteiger partial charge >= 0.3 is 0 Å². The van der Waals surface area contributed by atoms with E-state index in [0.717, 1.165) is 12.1 Å². The Labute approximate surface area is 88.5 Å². The zero-order chi connectivity index (χ0) is 9.97. The lowest BCUT2D eigenvalue weighted by Crippen LogP contribution is -2.16. The van der Waals surface area contributed by atoms with E-state index in [2.05, 4.69) is 30.1 Å². The second-order valence-corrected chi connectivity index (χ2v) is 4.63. The third-order valence-electron chi connectivity index (χ3n) is 2.44. The average molecular weight is 204 g/mol. The number of hydrogen-bond donors (Lipinski definition) is 0. The van der Waals surface area contributed by atoms with Crippen LogP contribution in [0.3, 0.4) is 0 Å². The molecule has 1 aromatic rings. The Morgan fingerprint density at radius 2 is 2.14 bits per heavy atom. The molecule has 1 atom stereocenters. The molecule has 0 spiro atoms. The van der Waals surface area contributed by atoms with Crippen LogP contribution in [0.15, 0.2) is 24.3 Å². The van der Waals surface area contributed by atoms with E-state index >= 15 is 0 Å². The molecule has 0 saturated carbocycles. The molecule has 1 heterocycles. The summed E-state index contributed by atoms with van der Waals surface area (Å²) < 4.78 is 0. The molecule has 1 fully saturated rings. The summed E-state index contributed by atoms with van der Waals surface area (Å²) in [5.41, 5.74) is 2.04. The van der Waals surface area contributed by atoms with Crippen LogP contribution >= 0.6 is 11.8 Å². The molecule has 1 aromatic carbocycles. The van der Waals surface area contributed by atoms with Gasteiger partial charge in [-0.25, -0.2) is 0 Å². The number of nitriles is 1. The number of rotatable bonds is 1. The van der Waals surface area contributed by atoms with Gasteiger partial charge in [0.2, 0.25) is 0 Å². The first-order valence-corrected chi connectivity index (χ1v) is 5.68. The molecule has 0 bridgehead atoms. The van der Waals surface area contributed by atoms with E-state index in [0.29, 0.717) is 5.37 Å². The molecule has 14 heavy (non-hydrogen) atoms. The highest BCUT2D eigenvalue weighted by atomic mass is 32.2. The van der Waals surface area contributed by atoms with Crippen LogP contribution in [0.5, 0.6) is 0 Å². The van der Waals surface area contributed by atoms with Gasteiger partial charge in [-0.3, -0.25) is 4.90 Å². The molecule has 2 rings (SSSR count). The van der Waals surface area contributed by atoms with Crippen LogP contribution in [0, 0.1) is 11.3 Å². The molecule has 0 aromatic heterocycles. The van der Waals surface area contributed by atoms with Crippen molar-refractivity contribution >= 4 is 11.8 Å². The van der Waals surface area contributed by atoms with Gasteiger partial charge in [-0.05, 0) is 24.7 Å². The summed E-state index contributed by atoms with van der Waals surface area (Å²) in [5, 5.41) is 9.15. The summed E-state index contributed by atoms with van der Waals surface area (Å²) in [5.74, 6) is 1.20. The van der Waals surface area contributed by atoms with Crippen LogP contribution in [-0.4, -0.2) is 24.2 Å². The summed E-state index contributed by atoms with van der Waals surface area (Å²) >= 11 is 1.96. The standard InChI is InChI=1S/C11H12N2S/c1-13-6-7-14-11(13)10-4-2-9(8-12)3-5-10/h2-5,11H,6-7H2,1H3. The van der Waals surface area contributed by atoms with Gasteiger partial charge in [0, 0.05) is 12.3 Å². The fraction of sp³-hybridized carbons (Fsp3) is 0.364. The zero-order valence-corrected chi connectivity index (χ0v) is 8.92. The third-order valence-corrected chi connectivity index (χ3v) is 3.81. The molecule has 72 valence electrons. The Morgan fingerprint density at radius 3 is 2.64 bits per heavy atom. The van der Waals surface area contributed by atoms with Crippen molar-refractivity contribution in [3.8, 4) is 6.07 Å². The molecule has 1 unspecified atom stereocenters. The van der Waals surface area contributed by atoms with Gasteiger partial charge in [0.1, 0.15) is 0 Å². The van der Waals surface area contributed by atoms with Crippen molar-refractivity contribution in [3.63, 3.8) is 0 Å². The molecule has 1 aliphatic rings. The predicted octanol–water partition coefficient (Wildman–Crippen LogP) is 2.24. The van der Waals surface area contributed by atoms with Gasteiger partial charge in [0.25, 0.3) is 0 Å². The Bertz CT molecular complexity index is 353. The minimum absolute atomic E-state index is 0.475. The number of nitrogens with zero attached hydrogens (tertiary/aromatic N) is 2. The van der Waals surface area contributed by atoms with Crippen molar-refractivity contribution in [2.45, 2.75) is 5.37 Å². The molecule has 2 nitrogen and oxygen atoms in total. The molecule has 3 heteroatoms. The maximum absolute atomic E-state index is 8.68. The highest BCUT2D eigenvalue weighted by molar-refractivity contribution is 7.99. The lowest BCUT2D eigenvalue weighted by molar-refractivity contribution is 0.358. The molecular formula is C11H12N2S. The largest absolute Gasteiger partial charge is 0.290 e. The minimum atomic E-state index is 0.475. The van der Waals surface area contributed by atoms with Crippen molar-refractivity contribution in [1.82, 2.24) is 4.90 Å². The zero-order valence-electron chi connectivity index (χ0n) is 8.10. The molecule has 0 N–H and O–H groups in total.